The zero-order valence-corrected chi connectivity index (χ0v) is 14.2. The van der Waals surface area contributed by atoms with Gasteiger partial charge in [0, 0.05) is 31.3 Å². The minimum absolute atomic E-state index is 0.0407. The second-order valence-electron chi connectivity index (χ2n) is 5.36. The van der Waals surface area contributed by atoms with Crippen LogP contribution < -0.4 is 20.1 Å². The number of ether oxygens (including phenoxy) is 2. The predicted octanol–water partition coefficient (Wildman–Crippen LogP) is 2.86. The van der Waals surface area contributed by atoms with Crippen molar-refractivity contribution in [1.82, 2.24) is 5.32 Å². The van der Waals surface area contributed by atoms with Gasteiger partial charge in [-0.2, -0.15) is 0 Å². The Bertz CT molecular complexity index is 641. The van der Waals surface area contributed by atoms with Gasteiger partial charge in [-0.25, -0.2) is 0 Å². The van der Waals surface area contributed by atoms with Gasteiger partial charge in [0.05, 0.1) is 14.2 Å². The van der Waals surface area contributed by atoms with Crippen LogP contribution in [0.3, 0.4) is 0 Å². The largest absolute Gasteiger partial charge is 0.497 e. The summed E-state index contributed by atoms with van der Waals surface area (Å²) in [5.74, 6) is 1.68. The molecule has 5 heteroatoms. The summed E-state index contributed by atoms with van der Waals surface area (Å²) in [4.78, 5) is 11.9. The number of anilines is 1. The Kier molecular flexibility index (Phi) is 6.95. The molecule has 2 aromatic carbocycles. The summed E-state index contributed by atoms with van der Waals surface area (Å²) in [6.07, 6.45) is 1.23. The van der Waals surface area contributed by atoms with Crippen LogP contribution in [0, 0.1) is 0 Å². The molecule has 5 nitrogen and oxygen atoms in total. The third-order valence-corrected chi connectivity index (χ3v) is 3.65. The van der Waals surface area contributed by atoms with Crippen molar-refractivity contribution in [3.8, 4) is 11.5 Å². The average molecular weight is 328 g/mol. The van der Waals surface area contributed by atoms with Crippen molar-refractivity contribution in [3.63, 3.8) is 0 Å². The number of carbonyl (C=O) groups is 1. The molecule has 2 N–H and O–H groups in total. The molecule has 0 saturated heterocycles. The molecule has 0 aromatic heterocycles. The van der Waals surface area contributed by atoms with Gasteiger partial charge in [0.25, 0.3) is 0 Å². The first-order valence-electron chi connectivity index (χ1n) is 7.99. The van der Waals surface area contributed by atoms with E-state index in [9.17, 15) is 4.79 Å². The summed E-state index contributed by atoms with van der Waals surface area (Å²) in [6, 6.07) is 15.5. The molecule has 0 spiro atoms. The summed E-state index contributed by atoms with van der Waals surface area (Å²) >= 11 is 0. The van der Waals surface area contributed by atoms with Crippen molar-refractivity contribution >= 4 is 11.6 Å². The van der Waals surface area contributed by atoms with E-state index in [0.717, 1.165) is 23.6 Å². The minimum Gasteiger partial charge on any atom is -0.497 e. The maximum Gasteiger partial charge on any atom is 0.221 e. The lowest BCUT2D eigenvalue weighted by molar-refractivity contribution is -0.120. The smallest absolute Gasteiger partial charge is 0.221 e. The summed E-state index contributed by atoms with van der Waals surface area (Å²) < 4.78 is 10.3. The summed E-state index contributed by atoms with van der Waals surface area (Å²) in [6.45, 7) is 1.21. The number of carbonyl (C=O) groups excluding carboxylic acids is 1. The normalized spacial score (nSPS) is 10.1. The monoisotopic (exact) mass is 328 g/mol. The number of nitrogens with one attached hydrogen (secondary N) is 2. The van der Waals surface area contributed by atoms with Crippen LogP contribution in [0.5, 0.6) is 11.5 Å². The number of benzene rings is 2. The molecule has 0 aliphatic carbocycles. The van der Waals surface area contributed by atoms with Crippen LogP contribution in [0.2, 0.25) is 0 Å². The highest BCUT2D eigenvalue weighted by Crippen LogP contribution is 2.16. The van der Waals surface area contributed by atoms with Crippen LogP contribution in [0.1, 0.15) is 12.0 Å². The Hall–Kier alpha value is -2.69. The Morgan fingerprint density at radius 3 is 2.42 bits per heavy atom. The van der Waals surface area contributed by atoms with Gasteiger partial charge < -0.3 is 20.1 Å². The molecule has 0 atom stereocenters. The SMILES string of the molecule is COc1ccc(CCNC(=O)CCNc2cccc(OC)c2)cc1. The number of hydrogen-bond donors (Lipinski definition) is 2. The van der Waals surface area contributed by atoms with E-state index in [1.54, 1.807) is 14.2 Å². The third-order valence-electron chi connectivity index (χ3n) is 3.65. The molecule has 1 amide bonds. The molecular weight excluding hydrogens is 304 g/mol. The molecule has 2 aromatic rings. The van der Waals surface area contributed by atoms with Gasteiger partial charge in [-0.1, -0.05) is 18.2 Å². The Morgan fingerprint density at radius 2 is 1.71 bits per heavy atom. The van der Waals surface area contributed by atoms with Crippen molar-refractivity contribution in [3.05, 3.63) is 54.1 Å². The van der Waals surface area contributed by atoms with Crippen molar-refractivity contribution in [1.29, 1.82) is 0 Å². The number of methoxy groups -OCH3 is 2. The summed E-state index contributed by atoms with van der Waals surface area (Å²) in [5.41, 5.74) is 2.12. The zero-order valence-electron chi connectivity index (χ0n) is 14.2. The van der Waals surface area contributed by atoms with E-state index in [-0.39, 0.29) is 5.91 Å². The number of rotatable bonds is 9. The lowest BCUT2D eigenvalue weighted by Gasteiger charge is -2.09. The molecule has 24 heavy (non-hydrogen) atoms. The van der Waals surface area contributed by atoms with Gasteiger partial charge >= 0.3 is 0 Å². The van der Waals surface area contributed by atoms with E-state index in [1.165, 1.54) is 5.56 Å². The van der Waals surface area contributed by atoms with Crippen LogP contribution in [0.25, 0.3) is 0 Å². The molecule has 2 rings (SSSR count). The highest BCUT2D eigenvalue weighted by atomic mass is 16.5. The number of amides is 1. The molecule has 0 aliphatic rings. The first-order valence-corrected chi connectivity index (χ1v) is 7.99. The van der Waals surface area contributed by atoms with Crippen molar-refractivity contribution in [2.75, 3.05) is 32.6 Å². The van der Waals surface area contributed by atoms with Crippen LogP contribution in [-0.2, 0) is 11.2 Å². The maximum atomic E-state index is 11.9. The van der Waals surface area contributed by atoms with Crippen LogP contribution >= 0.6 is 0 Å². The van der Waals surface area contributed by atoms with Crippen LogP contribution in [-0.4, -0.2) is 33.2 Å². The van der Waals surface area contributed by atoms with Gasteiger partial charge in [-0.05, 0) is 36.2 Å². The van der Waals surface area contributed by atoms with E-state index in [2.05, 4.69) is 10.6 Å². The second kappa shape index (κ2) is 9.45. The second-order valence-corrected chi connectivity index (χ2v) is 5.36. The van der Waals surface area contributed by atoms with Gasteiger partial charge in [0.1, 0.15) is 11.5 Å². The highest BCUT2D eigenvalue weighted by molar-refractivity contribution is 5.76. The Morgan fingerprint density at radius 1 is 0.958 bits per heavy atom. The molecule has 0 unspecified atom stereocenters. The summed E-state index contributed by atoms with van der Waals surface area (Å²) in [5, 5.41) is 6.15. The molecule has 128 valence electrons. The molecule has 0 bridgehead atoms. The quantitative estimate of drug-likeness (QED) is 0.743. The molecule has 0 radical (unpaired) electrons. The summed E-state index contributed by atoms with van der Waals surface area (Å²) in [7, 11) is 3.28. The molecule has 0 heterocycles. The number of hydrogen-bond acceptors (Lipinski definition) is 4. The van der Waals surface area contributed by atoms with E-state index in [0.29, 0.717) is 19.5 Å². The first-order chi connectivity index (χ1) is 11.7. The van der Waals surface area contributed by atoms with Crippen LogP contribution in [0.4, 0.5) is 5.69 Å². The van der Waals surface area contributed by atoms with Gasteiger partial charge in [0.2, 0.25) is 5.91 Å². The van der Waals surface area contributed by atoms with Crippen LogP contribution in [0.15, 0.2) is 48.5 Å². The van der Waals surface area contributed by atoms with Crippen molar-refractivity contribution in [2.45, 2.75) is 12.8 Å². The molecule has 0 fully saturated rings. The fraction of sp³-hybridized carbons (Fsp3) is 0.316. The highest BCUT2D eigenvalue weighted by Gasteiger charge is 2.02. The lowest BCUT2D eigenvalue weighted by Crippen LogP contribution is -2.27. The zero-order chi connectivity index (χ0) is 17.2. The van der Waals surface area contributed by atoms with E-state index < -0.39 is 0 Å². The standard InChI is InChI=1S/C19H24N2O3/c1-23-17-8-6-15(7-9-17)10-12-21-19(22)11-13-20-16-4-3-5-18(14-16)24-2/h3-9,14,20H,10-13H2,1-2H3,(H,21,22). The maximum absolute atomic E-state index is 11.9. The van der Waals surface area contributed by atoms with Gasteiger partial charge in [0.15, 0.2) is 0 Å². The third kappa shape index (κ3) is 5.83. The molecular formula is C19H24N2O3. The van der Waals surface area contributed by atoms with Gasteiger partial charge in [-0.3, -0.25) is 4.79 Å². The Balaban J connectivity index is 1.64. The average Bonchev–Trinajstić information content (AvgIpc) is 2.62. The van der Waals surface area contributed by atoms with Crippen molar-refractivity contribution < 1.29 is 14.3 Å². The topological polar surface area (TPSA) is 59.6 Å². The first kappa shape index (κ1) is 17.7. The Labute approximate surface area is 143 Å². The fourth-order valence-corrected chi connectivity index (χ4v) is 2.28. The van der Waals surface area contributed by atoms with Crippen molar-refractivity contribution in [2.24, 2.45) is 0 Å². The fourth-order valence-electron chi connectivity index (χ4n) is 2.28. The predicted molar refractivity (Wildman–Crippen MR) is 95.8 cm³/mol. The van der Waals surface area contributed by atoms with E-state index in [4.69, 9.17) is 9.47 Å². The minimum atomic E-state index is 0.0407. The van der Waals surface area contributed by atoms with E-state index in [1.807, 2.05) is 48.5 Å². The molecule has 0 aliphatic heterocycles. The lowest BCUT2D eigenvalue weighted by atomic mass is 10.1. The van der Waals surface area contributed by atoms with Gasteiger partial charge in [-0.15, -0.1) is 0 Å². The van der Waals surface area contributed by atoms with E-state index >= 15 is 0 Å². The molecule has 0 saturated carbocycles.